The van der Waals surface area contributed by atoms with Gasteiger partial charge in [-0.25, -0.2) is 4.39 Å². The fourth-order valence-electron chi connectivity index (χ4n) is 2.84. The summed E-state index contributed by atoms with van der Waals surface area (Å²) in [4.78, 5) is 14.3. The van der Waals surface area contributed by atoms with Crippen LogP contribution in [-0.4, -0.2) is 37.1 Å². The summed E-state index contributed by atoms with van der Waals surface area (Å²) in [5.74, 6) is 0.365. The SMILES string of the molecule is COc1cc(C(=O)N2CCC(Oc3ccccc3)CC2)ccc1F. The second-order valence-electron chi connectivity index (χ2n) is 5.77. The maximum absolute atomic E-state index is 13.5. The third-order valence-electron chi connectivity index (χ3n) is 4.17. The van der Waals surface area contributed by atoms with Crippen molar-refractivity contribution >= 4 is 5.91 Å². The van der Waals surface area contributed by atoms with Crippen molar-refractivity contribution in [3.8, 4) is 11.5 Å². The summed E-state index contributed by atoms with van der Waals surface area (Å²) in [5, 5.41) is 0. The molecule has 3 rings (SSSR count). The lowest BCUT2D eigenvalue weighted by Crippen LogP contribution is -2.41. The van der Waals surface area contributed by atoms with Gasteiger partial charge in [-0.15, -0.1) is 0 Å². The van der Waals surface area contributed by atoms with Gasteiger partial charge in [0.2, 0.25) is 0 Å². The van der Waals surface area contributed by atoms with Crippen LogP contribution in [0.3, 0.4) is 0 Å². The van der Waals surface area contributed by atoms with Crippen molar-refractivity contribution in [3.05, 3.63) is 59.9 Å². The van der Waals surface area contributed by atoms with Gasteiger partial charge < -0.3 is 14.4 Å². The summed E-state index contributed by atoms with van der Waals surface area (Å²) >= 11 is 0. The molecule has 0 aliphatic carbocycles. The third kappa shape index (κ3) is 3.67. The molecule has 1 saturated heterocycles. The van der Waals surface area contributed by atoms with Crippen LogP contribution in [0.15, 0.2) is 48.5 Å². The van der Waals surface area contributed by atoms with E-state index in [1.54, 1.807) is 4.90 Å². The fraction of sp³-hybridized carbons (Fsp3) is 0.316. The summed E-state index contributed by atoms with van der Waals surface area (Å²) < 4.78 is 24.3. The number of nitrogens with zero attached hydrogens (tertiary/aromatic N) is 1. The van der Waals surface area contributed by atoms with Crippen LogP contribution in [0.4, 0.5) is 4.39 Å². The summed E-state index contributed by atoms with van der Waals surface area (Å²) in [6.07, 6.45) is 1.66. The van der Waals surface area contributed by atoms with Gasteiger partial charge in [0, 0.05) is 31.5 Å². The first-order valence-corrected chi connectivity index (χ1v) is 8.02. The smallest absolute Gasteiger partial charge is 0.253 e. The highest BCUT2D eigenvalue weighted by Crippen LogP contribution is 2.22. The molecule has 0 aromatic heterocycles. The number of benzene rings is 2. The molecule has 0 atom stereocenters. The lowest BCUT2D eigenvalue weighted by atomic mass is 10.1. The number of methoxy groups -OCH3 is 1. The molecule has 1 aliphatic heterocycles. The van der Waals surface area contributed by atoms with Crippen molar-refractivity contribution in [2.75, 3.05) is 20.2 Å². The van der Waals surface area contributed by atoms with E-state index in [0.717, 1.165) is 18.6 Å². The Balaban J connectivity index is 1.59. The van der Waals surface area contributed by atoms with Crippen molar-refractivity contribution in [1.82, 2.24) is 4.90 Å². The van der Waals surface area contributed by atoms with E-state index >= 15 is 0 Å². The molecule has 1 heterocycles. The number of rotatable bonds is 4. The number of piperidine rings is 1. The van der Waals surface area contributed by atoms with Gasteiger partial charge in [0.25, 0.3) is 5.91 Å². The van der Waals surface area contributed by atoms with Crippen LogP contribution in [0.2, 0.25) is 0 Å². The predicted octanol–water partition coefficient (Wildman–Crippen LogP) is 3.52. The number of carbonyl (C=O) groups is 1. The summed E-state index contributed by atoms with van der Waals surface area (Å²) in [6.45, 7) is 1.24. The molecule has 0 unspecified atom stereocenters. The summed E-state index contributed by atoms with van der Waals surface area (Å²) in [6, 6.07) is 13.9. The molecule has 1 fully saturated rings. The average molecular weight is 329 g/mol. The van der Waals surface area contributed by atoms with Crippen molar-refractivity contribution in [2.45, 2.75) is 18.9 Å². The minimum atomic E-state index is -0.469. The molecule has 0 bridgehead atoms. The molecule has 2 aromatic rings. The third-order valence-corrected chi connectivity index (χ3v) is 4.17. The van der Waals surface area contributed by atoms with Gasteiger partial charge in [-0.1, -0.05) is 18.2 Å². The molecular weight excluding hydrogens is 309 g/mol. The molecule has 126 valence electrons. The lowest BCUT2D eigenvalue weighted by Gasteiger charge is -2.32. The molecule has 0 radical (unpaired) electrons. The van der Waals surface area contributed by atoms with Gasteiger partial charge in [-0.2, -0.15) is 0 Å². The van der Waals surface area contributed by atoms with Gasteiger partial charge in [0.15, 0.2) is 11.6 Å². The zero-order valence-electron chi connectivity index (χ0n) is 13.6. The molecule has 1 aliphatic rings. The van der Waals surface area contributed by atoms with E-state index in [-0.39, 0.29) is 17.8 Å². The van der Waals surface area contributed by atoms with Gasteiger partial charge in [-0.05, 0) is 30.3 Å². The number of carbonyl (C=O) groups excluding carboxylic acids is 1. The lowest BCUT2D eigenvalue weighted by molar-refractivity contribution is 0.0595. The first-order valence-electron chi connectivity index (χ1n) is 8.02. The highest BCUT2D eigenvalue weighted by molar-refractivity contribution is 5.94. The molecule has 0 saturated carbocycles. The topological polar surface area (TPSA) is 38.8 Å². The minimum absolute atomic E-state index is 0.0862. The highest BCUT2D eigenvalue weighted by Gasteiger charge is 2.25. The number of halogens is 1. The van der Waals surface area contributed by atoms with Crippen molar-refractivity contribution in [2.24, 2.45) is 0 Å². The Morgan fingerprint density at radius 1 is 1.12 bits per heavy atom. The number of ether oxygens (including phenoxy) is 2. The Morgan fingerprint density at radius 3 is 2.50 bits per heavy atom. The first kappa shape index (κ1) is 16.3. The highest BCUT2D eigenvalue weighted by atomic mass is 19.1. The standard InChI is InChI=1S/C19H20FNO3/c1-23-18-13-14(7-8-17(18)20)19(22)21-11-9-16(10-12-21)24-15-5-3-2-4-6-15/h2-8,13,16H,9-12H2,1H3. The average Bonchev–Trinajstić information content (AvgIpc) is 2.63. The van der Waals surface area contributed by atoms with Crippen LogP contribution in [0, 0.1) is 5.82 Å². The van der Waals surface area contributed by atoms with Crippen LogP contribution < -0.4 is 9.47 Å². The Hall–Kier alpha value is -2.56. The predicted molar refractivity (Wildman–Crippen MR) is 88.9 cm³/mol. The van der Waals surface area contributed by atoms with E-state index in [4.69, 9.17) is 9.47 Å². The first-order chi connectivity index (χ1) is 11.7. The van der Waals surface area contributed by atoms with Gasteiger partial charge in [0.1, 0.15) is 11.9 Å². The van der Waals surface area contributed by atoms with Crippen molar-refractivity contribution < 1.29 is 18.7 Å². The Kier molecular flexibility index (Phi) is 4.99. The van der Waals surface area contributed by atoms with Crippen LogP contribution in [0.5, 0.6) is 11.5 Å². The number of likely N-dealkylation sites (tertiary alicyclic amines) is 1. The molecular formula is C19H20FNO3. The zero-order valence-corrected chi connectivity index (χ0v) is 13.6. The van der Waals surface area contributed by atoms with E-state index in [9.17, 15) is 9.18 Å². The molecule has 24 heavy (non-hydrogen) atoms. The molecule has 0 N–H and O–H groups in total. The quantitative estimate of drug-likeness (QED) is 0.861. The number of hydrogen-bond acceptors (Lipinski definition) is 3. The van der Waals surface area contributed by atoms with Crippen LogP contribution in [-0.2, 0) is 0 Å². The summed E-state index contributed by atoms with van der Waals surface area (Å²) in [7, 11) is 1.39. The maximum Gasteiger partial charge on any atom is 0.253 e. The fourth-order valence-corrected chi connectivity index (χ4v) is 2.84. The zero-order chi connectivity index (χ0) is 16.9. The number of para-hydroxylation sites is 1. The monoisotopic (exact) mass is 329 g/mol. The summed E-state index contributed by atoms with van der Waals surface area (Å²) in [5.41, 5.74) is 0.440. The second-order valence-corrected chi connectivity index (χ2v) is 5.77. The number of amides is 1. The van der Waals surface area contributed by atoms with E-state index in [1.807, 2.05) is 30.3 Å². The Labute approximate surface area is 140 Å². The molecule has 1 amide bonds. The van der Waals surface area contributed by atoms with Crippen LogP contribution >= 0.6 is 0 Å². The van der Waals surface area contributed by atoms with Crippen molar-refractivity contribution in [1.29, 1.82) is 0 Å². The maximum atomic E-state index is 13.5. The largest absolute Gasteiger partial charge is 0.494 e. The van der Waals surface area contributed by atoms with Crippen LogP contribution in [0.1, 0.15) is 23.2 Å². The Bertz CT molecular complexity index is 697. The van der Waals surface area contributed by atoms with E-state index < -0.39 is 5.82 Å². The van der Waals surface area contributed by atoms with Gasteiger partial charge in [0.05, 0.1) is 7.11 Å². The van der Waals surface area contributed by atoms with Crippen LogP contribution in [0.25, 0.3) is 0 Å². The molecule has 0 spiro atoms. The molecule has 2 aromatic carbocycles. The molecule has 4 nitrogen and oxygen atoms in total. The normalized spacial score (nSPS) is 15.2. The van der Waals surface area contributed by atoms with E-state index in [2.05, 4.69) is 0 Å². The van der Waals surface area contributed by atoms with Gasteiger partial charge >= 0.3 is 0 Å². The van der Waals surface area contributed by atoms with E-state index in [1.165, 1.54) is 25.3 Å². The second kappa shape index (κ2) is 7.34. The van der Waals surface area contributed by atoms with E-state index in [0.29, 0.717) is 18.7 Å². The number of hydrogen-bond donors (Lipinski definition) is 0. The minimum Gasteiger partial charge on any atom is -0.494 e. The Morgan fingerprint density at radius 2 is 1.83 bits per heavy atom. The van der Waals surface area contributed by atoms with Crippen molar-refractivity contribution in [3.63, 3.8) is 0 Å². The molecule has 5 heteroatoms. The van der Waals surface area contributed by atoms with Gasteiger partial charge in [-0.3, -0.25) is 4.79 Å².